The first-order chi connectivity index (χ1) is 10.6. The number of hydrogen-bond donors (Lipinski definition) is 0. The molecule has 7 heteroatoms. The fourth-order valence-corrected chi connectivity index (χ4v) is 3.02. The van der Waals surface area contributed by atoms with E-state index in [0.29, 0.717) is 31.7 Å². The Bertz CT molecular complexity index is 636. The number of nitrogens with zero attached hydrogens (tertiary/aromatic N) is 3. The molecule has 2 atom stereocenters. The fraction of sp³-hybridized carbons (Fsp3) is 0.467. The number of methoxy groups -OCH3 is 1. The first kappa shape index (κ1) is 15.1. The molecule has 2 aromatic rings. The van der Waals surface area contributed by atoms with Crippen molar-refractivity contribution >= 4 is 0 Å². The molecule has 1 aromatic heterocycles. The molecule has 118 valence electrons. The number of hydrogen-bond acceptors (Lipinski definition) is 4. The lowest BCUT2D eigenvalue weighted by Gasteiger charge is -2.29. The highest BCUT2D eigenvalue weighted by Crippen LogP contribution is 2.41. The highest BCUT2D eigenvalue weighted by molar-refractivity contribution is 5.26. The largest absolute Gasteiger partial charge is 0.384 e. The Hall–Kier alpha value is -1.86. The van der Waals surface area contributed by atoms with Crippen molar-refractivity contribution in [3.8, 4) is 0 Å². The summed E-state index contributed by atoms with van der Waals surface area (Å²) in [6.07, 6.45) is 3.54. The van der Waals surface area contributed by atoms with Crippen LogP contribution in [0, 0.1) is 17.6 Å². The molecule has 0 unspecified atom stereocenters. The molecular formula is C15H17F2N3O2. The van der Waals surface area contributed by atoms with Crippen molar-refractivity contribution in [2.24, 2.45) is 5.92 Å². The Morgan fingerprint density at radius 2 is 2.32 bits per heavy atom. The van der Waals surface area contributed by atoms with E-state index in [0.717, 1.165) is 6.07 Å². The lowest BCUT2D eigenvalue weighted by Crippen LogP contribution is -2.32. The lowest BCUT2D eigenvalue weighted by atomic mass is 9.87. The number of halogens is 2. The third-order valence-corrected chi connectivity index (χ3v) is 3.92. The van der Waals surface area contributed by atoms with E-state index in [-0.39, 0.29) is 5.92 Å². The molecule has 3 rings (SSSR count). The molecule has 0 radical (unpaired) electrons. The van der Waals surface area contributed by atoms with Crippen LogP contribution >= 0.6 is 0 Å². The molecule has 1 aliphatic heterocycles. The number of rotatable bonds is 5. The van der Waals surface area contributed by atoms with Crippen LogP contribution in [0.1, 0.15) is 12.0 Å². The van der Waals surface area contributed by atoms with Gasteiger partial charge in [0.2, 0.25) is 0 Å². The van der Waals surface area contributed by atoms with Gasteiger partial charge in [0.1, 0.15) is 29.9 Å². The summed E-state index contributed by atoms with van der Waals surface area (Å²) in [5, 5.41) is 4.07. The van der Waals surface area contributed by atoms with Crippen LogP contribution in [0.5, 0.6) is 0 Å². The predicted molar refractivity (Wildman–Crippen MR) is 74.0 cm³/mol. The van der Waals surface area contributed by atoms with Gasteiger partial charge < -0.3 is 9.47 Å². The molecule has 0 saturated carbocycles. The van der Waals surface area contributed by atoms with E-state index in [1.807, 2.05) is 0 Å². The second kappa shape index (κ2) is 6.10. The maximum atomic E-state index is 14.3. The first-order valence-corrected chi connectivity index (χ1v) is 7.04. The Kier molecular flexibility index (Phi) is 4.17. The van der Waals surface area contributed by atoms with Gasteiger partial charge in [-0.25, -0.2) is 18.4 Å². The van der Waals surface area contributed by atoms with Gasteiger partial charge in [-0.05, 0) is 12.5 Å². The molecule has 2 heterocycles. The third-order valence-electron chi connectivity index (χ3n) is 3.92. The van der Waals surface area contributed by atoms with E-state index in [1.165, 1.54) is 18.5 Å². The highest BCUT2D eigenvalue weighted by Gasteiger charge is 2.44. The molecule has 1 aliphatic rings. The van der Waals surface area contributed by atoms with Gasteiger partial charge in [0.15, 0.2) is 0 Å². The molecule has 1 aromatic carbocycles. The van der Waals surface area contributed by atoms with Gasteiger partial charge in [0, 0.05) is 24.7 Å². The number of benzene rings is 1. The molecule has 0 amide bonds. The van der Waals surface area contributed by atoms with Crippen LogP contribution in [0.3, 0.4) is 0 Å². The average Bonchev–Trinajstić information content (AvgIpc) is 3.10. The fourth-order valence-electron chi connectivity index (χ4n) is 3.02. The topological polar surface area (TPSA) is 49.2 Å². The molecule has 0 bridgehead atoms. The highest BCUT2D eigenvalue weighted by atomic mass is 19.1. The standard InChI is InChI=1S/C15H17F2N3O2/c1-21-6-11-5-15(22-7-11,8-20-10-18-9-19-20)13-3-2-12(16)4-14(13)17/h2-4,9-11H,5-8H2,1H3/t11-,15-/m1/s1. The molecule has 0 spiro atoms. The van der Waals surface area contributed by atoms with Crippen LogP contribution in [0.2, 0.25) is 0 Å². The van der Waals surface area contributed by atoms with E-state index in [2.05, 4.69) is 10.1 Å². The van der Waals surface area contributed by atoms with Gasteiger partial charge >= 0.3 is 0 Å². The van der Waals surface area contributed by atoms with Gasteiger partial charge in [0.05, 0.1) is 19.8 Å². The van der Waals surface area contributed by atoms with E-state index in [9.17, 15) is 8.78 Å². The summed E-state index contributed by atoms with van der Waals surface area (Å²) in [6.45, 7) is 1.30. The van der Waals surface area contributed by atoms with E-state index < -0.39 is 17.2 Å². The summed E-state index contributed by atoms with van der Waals surface area (Å²) in [6, 6.07) is 3.57. The molecule has 0 N–H and O–H groups in total. The molecule has 1 saturated heterocycles. The summed E-state index contributed by atoms with van der Waals surface area (Å²) in [5.74, 6) is -1.07. The minimum Gasteiger partial charge on any atom is -0.384 e. The molecule has 1 fully saturated rings. The molecule has 0 aliphatic carbocycles. The summed E-state index contributed by atoms with van der Waals surface area (Å²) in [7, 11) is 1.62. The van der Waals surface area contributed by atoms with Crippen LogP contribution in [0.4, 0.5) is 8.78 Å². The van der Waals surface area contributed by atoms with Gasteiger partial charge in [-0.2, -0.15) is 5.10 Å². The monoisotopic (exact) mass is 309 g/mol. The number of ether oxygens (including phenoxy) is 2. The Balaban J connectivity index is 1.96. The summed E-state index contributed by atoms with van der Waals surface area (Å²) in [4.78, 5) is 3.90. The number of aromatic nitrogens is 3. The third kappa shape index (κ3) is 2.86. The summed E-state index contributed by atoms with van der Waals surface area (Å²) < 4.78 is 40.2. The van der Waals surface area contributed by atoms with Crippen molar-refractivity contribution in [2.45, 2.75) is 18.6 Å². The van der Waals surface area contributed by atoms with Crippen LogP contribution in [-0.2, 0) is 21.6 Å². The van der Waals surface area contributed by atoms with Gasteiger partial charge in [-0.15, -0.1) is 0 Å². The van der Waals surface area contributed by atoms with Crippen LogP contribution in [-0.4, -0.2) is 35.1 Å². The molecular weight excluding hydrogens is 292 g/mol. The SMILES string of the molecule is COC[C@@H]1CO[C@](Cn2cncn2)(c2ccc(F)cc2F)C1. The van der Waals surface area contributed by atoms with Crippen molar-refractivity contribution in [3.63, 3.8) is 0 Å². The van der Waals surface area contributed by atoms with Crippen LogP contribution < -0.4 is 0 Å². The van der Waals surface area contributed by atoms with Crippen molar-refractivity contribution in [2.75, 3.05) is 20.3 Å². The molecule has 5 nitrogen and oxygen atoms in total. The average molecular weight is 309 g/mol. The quantitative estimate of drug-likeness (QED) is 0.849. The Labute approximate surface area is 126 Å². The maximum absolute atomic E-state index is 14.3. The van der Waals surface area contributed by atoms with Gasteiger partial charge in [-0.1, -0.05) is 6.07 Å². The molecule has 22 heavy (non-hydrogen) atoms. The van der Waals surface area contributed by atoms with Crippen molar-refractivity contribution in [1.29, 1.82) is 0 Å². The normalized spacial score (nSPS) is 24.8. The maximum Gasteiger partial charge on any atom is 0.137 e. The van der Waals surface area contributed by atoms with E-state index >= 15 is 0 Å². The Morgan fingerprint density at radius 3 is 3.00 bits per heavy atom. The second-order valence-corrected chi connectivity index (χ2v) is 5.55. The van der Waals surface area contributed by atoms with Crippen molar-refractivity contribution in [3.05, 3.63) is 48.1 Å². The zero-order chi connectivity index (χ0) is 15.6. The van der Waals surface area contributed by atoms with Crippen LogP contribution in [0.25, 0.3) is 0 Å². The first-order valence-electron chi connectivity index (χ1n) is 7.04. The zero-order valence-electron chi connectivity index (χ0n) is 12.2. The van der Waals surface area contributed by atoms with Crippen LogP contribution in [0.15, 0.2) is 30.9 Å². The van der Waals surface area contributed by atoms with Gasteiger partial charge in [0.25, 0.3) is 0 Å². The van der Waals surface area contributed by atoms with Gasteiger partial charge in [-0.3, -0.25) is 0 Å². The minimum absolute atomic E-state index is 0.151. The smallest absolute Gasteiger partial charge is 0.137 e. The zero-order valence-corrected chi connectivity index (χ0v) is 12.2. The minimum atomic E-state index is -0.894. The summed E-state index contributed by atoms with van der Waals surface area (Å²) >= 11 is 0. The van der Waals surface area contributed by atoms with E-state index in [1.54, 1.807) is 18.1 Å². The van der Waals surface area contributed by atoms with E-state index in [4.69, 9.17) is 9.47 Å². The lowest BCUT2D eigenvalue weighted by molar-refractivity contribution is -0.0209. The predicted octanol–water partition coefficient (Wildman–Crippen LogP) is 2.13. The second-order valence-electron chi connectivity index (χ2n) is 5.55. The summed E-state index contributed by atoms with van der Waals surface area (Å²) in [5.41, 5.74) is -0.558. The Morgan fingerprint density at radius 1 is 1.45 bits per heavy atom. The van der Waals surface area contributed by atoms with Crippen molar-refractivity contribution < 1.29 is 18.3 Å². The van der Waals surface area contributed by atoms with Crippen molar-refractivity contribution in [1.82, 2.24) is 14.8 Å².